The second-order valence-corrected chi connectivity index (χ2v) is 5.80. The van der Waals surface area contributed by atoms with Crippen molar-refractivity contribution in [3.05, 3.63) is 47.7 Å². The highest BCUT2D eigenvalue weighted by molar-refractivity contribution is 5.45. The molecule has 124 valence electrons. The Balaban J connectivity index is 1.76. The van der Waals surface area contributed by atoms with E-state index in [4.69, 9.17) is 14.7 Å². The number of rotatable bonds is 6. The zero-order valence-electron chi connectivity index (χ0n) is 13.9. The van der Waals surface area contributed by atoms with Crippen LogP contribution in [-0.2, 0) is 6.54 Å². The van der Waals surface area contributed by atoms with Crippen molar-refractivity contribution in [2.24, 2.45) is 0 Å². The van der Waals surface area contributed by atoms with E-state index in [0.29, 0.717) is 23.8 Å². The van der Waals surface area contributed by atoms with E-state index in [-0.39, 0.29) is 0 Å². The van der Waals surface area contributed by atoms with Gasteiger partial charge in [0.25, 0.3) is 0 Å². The van der Waals surface area contributed by atoms with E-state index in [2.05, 4.69) is 16.0 Å². The van der Waals surface area contributed by atoms with Crippen molar-refractivity contribution in [1.82, 2.24) is 9.88 Å². The fraction of sp³-hybridized carbons (Fsp3) is 0.368. The number of likely N-dealkylation sites (tertiary alicyclic amines) is 1. The molecule has 0 saturated carbocycles. The largest absolute Gasteiger partial charge is 0.490 e. The van der Waals surface area contributed by atoms with Crippen LogP contribution in [0.3, 0.4) is 0 Å². The molecule has 2 aromatic rings. The van der Waals surface area contributed by atoms with Gasteiger partial charge in [0, 0.05) is 18.8 Å². The molecule has 5 heteroatoms. The number of benzene rings is 1. The van der Waals surface area contributed by atoms with Crippen molar-refractivity contribution in [2.45, 2.75) is 26.3 Å². The van der Waals surface area contributed by atoms with Gasteiger partial charge in [0.05, 0.1) is 12.2 Å². The molecule has 5 nitrogen and oxygen atoms in total. The standard InChI is InChI=1S/C19H21N3O2/c1-2-23-18-11-15(14-22-9-3-4-10-22)5-7-17(18)24-19-8-6-16(12-20)13-21-19/h5-8,11,13H,2-4,9-10,14H2,1H3. The van der Waals surface area contributed by atoms with Crippen molar-refractivity contribution in [2.75, 3.05) is 19.7 Å². The Bertz CT molecular complexity index is 716. The van der Waals surface area contributed by atoms with Crippen molar-refractivity contribution in [3.63, 3.8) is 0 Å². The van der Waals surface area contributed by atoms with E-state index in [1.54, 1.807) is 12.1 Å². The minimum atomic E-state index is 0.447. The number of nitrogens with zero attached hydrogens (tertiary/aromatic N) is 3. The first-order valence-corrected chi connectivity index (χ1v) is 8.30. The molecule has 1 fully saturated rings. The second-order valence-electron chi connectivity index (χ2n) is 5.80. The lowest BCUT2D eigenvalue weighted by atomic mass is 10.2. The maximum atomic E-state index is 8.83. The number of hydrogen-bond acceptors (Lipinski definition) is 5. The Morgan fingerprint density at radius 2 is 2.00 bits per heavy atom. The van der Waals surface area contributed by atoms with Crippen LogP contribution in [-0.4, -0.2) is 29.6 Å². The molecule has 0 aliphatic carbocycles. The summed E-state index contributed by atoms with van der Waals surface area (Å²) in [4.78, 5) is 6.60. The van der Waals surface area contributed by atoms with Gasteiger partial charge in [-0.15, -0.1) is 0 Å². The molecule has 0 radical (unpaired) electrons. The molecule has 1 aliphatic heterocycles. The van der Waals surface area contributed by atoms with Gasteiger partial charge in [-0.2, -0.15) is 5.26 Å². The molecule has 0 spiro atoms. The third kappa shape index (κ3) is 4.03. The SMILES string of the molecule is CCOc1cc(CN2CCCC2)ccc1Oc1ccc(C#N)cn1. The summed E-state index contributed by atoms with van der Waals surface area (Å²) in [6, 6.07) is 11.5. The first-order chi connectivity index (χ1) is 11.8. The molecular weight excluding hydrogens is 302 g/mol. The van der Waals surface area contributed by atoms with Gasteiger partial charge in [0.15, 0.2) is 11.5 Å². The zero-order valence-corrected chi connectivity index (χ0v) is 13.9. The molecule has 0 amide bonds. The van der Waals surface area contributed by atoms with E-state index in [9.17, 15) is 0 Å². The van der Waals surface area contributed by atoms with Crippen LogP contribution >= 0.6 is 0 Å². The first-order valence-electron chi connectivity index (χ1n) is 8.30. The minimum Gasteiger partial charge on any atom is -0.490 e. The van der Waals surface area contributed by atoms with Crippen LogP contribution in [0.15, 0.2) is 36.5 Å². The molecule has 1 aromatic carbocycles. The normalized spacial score (nSPS) is 14.3. The van der Waals surface area contributed by atoms with Crippen molar-refractivity contribution < 1.29 is 9.47 Å². The molecule has 1 aromatic heterocycles. The lowest BCUT2D eigenvalue weighted by molar-refractivity contribution is 0.313. The summed E-state index contributed by atoms with van der Waals surface area (Å²) in [7, 11) is 0. The highest BCUT2D eigenvalue weighted by Crippen LogP contribution is 2.32. The molecular formula is C19H21N3O2. The van der Waals surface area contributed by atoms with E-state index >= 15 is 0 Å². The van der Waals surface area contributed by atoms with Gasteiger partial charge in [-0.05, 0) is 56.6 Å². The molecule has 0 bridgehead atoms. The maximum absolute atomic E-state index is 8.83. The average Bonchev–Trinajstić information content (AvgIpc) is 3.11. The topological polar surface area (TPSA) is 58.4 Å². The lowest BCUT2D eigenvalue weighted by Crippen LogP contribution is -2.18. The summed E-state index contributed by atoms with van der Waals surface area (Å²) in [6.45, 7) is 5.80. The van der Waals surface area contributed by atoms with Crippen molar-refractivity contribution >= 4 is 0 Å². The summed E-state index contributed by atoms with van der Waals surface area (Å²) in [6.07, 6.45) is 4.06. The summed E-state index contributed by atoms with van der Waals surface area (Å²) in [5.74, 6) is 1.81. The second kappa shape index (κ2) is 7.80. The third-order valence-electron chi connectivity index (χ3n) is 3.99. The fourth-order valence-corrected chi connectivity index (χ4v) is 2.82. The summed E-state index contributed by atoms with van der Waals surface area (Å²) < 4.78 is 11.6. The fourth-order valence-electron chi connectivity index (χ4n) is 2.82. The van der Waals surface area contributed by atoms with Crippen molar-refractivity contribution in [3.8, 4) is 23.4 Å². The highest BCUT2D eigenvalue weighted by atomic mass is 16.5. The molecule has 3 rings (SSSR count). The van der Waals surface area contributed by atoms with Gasteiger partial charge in [-0.1, -0.05) is 6.07 Å². The van der Waals surface area contributed by atoms with Gasteiger partial charge in [0.2, 0.25) is 5.88 Å². The van der Waals surface area contributed by atoms with Gasteiger partial charge >= 0.3 is 0 Å². The number of ether oxygens (including phenoxy) is 2. The van der Waals surface area contributed by atoms with Crippen LogP contribution in [0.25, 0.3) is 0 Å². The van der Waals surface area contributed by atoms with Gasteiger partial charge in [-0.3, -0.25) is 4.90 Å². The molecule has 2 heterocycles. The Morgan fingerprint density at radius 1 is 1.17 bits per heavy atom. The van der Waals surface area contributed by atoms with Crippen LogP contribution in [0.4, 0.5) is 0 Å². The summed E-state index contributed by atoms with van der Waals surface area (Å²) >= 11 is 0. The third-order valence-corrected chi connectivity index (χ3v) is 3.99. The maximum Gasteiger partial charge on any atom is 0.219 e. The van der Waals surface area contributed by atoms with Crippen LogP contribution in [0.5, 0.6) is 17.4 Å². The molecule has 1 aliphatic rings. The Labute approximate surface area is 142 Å². The number of nitriles is 1. The Hall–Kier alpha value is -2.58. The lowest BCUT2D eigenvalue weighted by Gasteiger charge is -2.17. The molecule has 1 saturated heterocycles. The first kappa shape index (κ1) is 16.3. The predicted molar refractivity (Wildman–Crippen MR) is 91.1 cm³/mol. The van der Waals surface area contributed by atoms with E-state index < -0.39 is 0 Å². The number of hydrogen-bond donors (Lipinski definition) is 0. The summed E-state index contributed by atoms with van der Waals surface area (Å²) in [5.41, 5.74) is 1.73. The van der Waals surface area contributed by atoms with Crippen LogP contribution in [0.1, 0.15) is 30.9 Å². The quantitative estimate of drug-likeness (QED) is 0.810. The predicted octanol–water partition coefficient (Wildman–Crippen LogP) is 3.74. The van der Waals surface area contributed by atoms with Gasteiger partial charge in [0.1, 0.15) is 6.07 Å². The minimum absolute atomic E-state index is 0.447. The Morgan fingerprint density at radius 3 is 2.67 bits per heavy atom. The van der Waals surface area contributed by atoms with Crippen molar-refractivity contribution in [1.29, 1.82) is 5.26 Å². The summed E-state index contributed by atoms with van der Waals surface area (Å²) in [5, 5.41) is 8.83. The van der Waals surface area contributed by atoms with Crippen LogP contribution < -0.4 is 9.47 Å². The molecule has 0 N–H and O–H groups in total. The molecule has 0 atom stereocenters. The average molecular weight is 323 g/mol. The van der Waals surface area contributed by atoms with E-state index in [1.165, 1.54) is 24.6 Å². The highest BCUT2D eigenvalue weighted by Gasteiger charge is 2.14. The van der Waals surface area contributed by atoms with E-state index in [0.717, 1.165) is 25.4 Å². The Kier molecular flexibility index (Phi) is 5.29. The zero-order chi connectivity index (χ0) is 16.8. The van der Waals surface area contributed by atoms with Crippen LogP contribution in [0, 0.1) is 11.3 Å². The smallest absolute Gasteiger partial charge is 0.219 e. The molecule has 24 heavy (non-hydrogen) atoms. The number of aromatic nitrogens is 1. The van der Waals surface area contributed by atoms with Crippen LogP contribution in [0.2, 0.25) is 0 Å². The molecule has 0 unspecified atom stereocenters. The van der Waals surface area contributed by atoms with Gasteiger partial charge in [-0.25, -0.2) is 4.98 Å². The van der Waals surface area contributed by atoms with Gasteiger partial charge < -0.3 is 9.47 Å². The number of pyridine rings is 1. The van der Waals surface area contributed by atoms with E-state index in [1.807, 2.05) is 25.1 Å². The monoisotopic (exact) mass is 323 g/mol.